The van der Waals surface area contributed by atoms with Crippen LogP contribution in [0, 0.1) is 5.82 Å². The zero-order valence-corrected chi connectivity index (χ0v) is 11.3. The molecule has 1 heterocycles. The summed E-state index contributed by atoms with van der Waals surface area (Å²) in [5.41, 5.74) is 1.01. The van der Waals surface area contributed by atoms with Gasteiger partial charge in [0.1, 0.15) is 0 Å². The van der Waals surface area contributed by atoms with E-state index in [1.807, 2.05) is 0 Å². The summed E-state index contributed by atoms with van der Waals surface area (Å²) in [5.74, 6) is -0.261. The Balaban J connectivity index is 1.98. The third-order valence-corrected chi connectivity index (χ3v) is 3.48. The van der Waals surface area contributed by atoms with Crippen LogP contribution >= 0.6 is 11.6 Å². The van der Waals surface area contributed by atoms with Gasteiger partial charge in [-0.1, -0.05) is 11.6 Å². The molecule has 1 saturated heterocycles. The maximum Gasteiger partial charge on any atom is 0.183 e. The van der Waals surface area contributed by atoms with Gasteiger partial charge in [-0.3, -0.25) is 0 Å². The summed E-state index contributed by atoms with van der Waals surface area (Å²) < 4.78 is 18.5. The monoisotopic (exact) mass is 272 g/mol. The highest BCUT2D eigenvalue weighted by atomic mass is 35.5. The van der Waals surface area contributed by atoms with E-state index in [-0.39, 0.29) is 10.8 Å². The van der Waals surface area contributed by atoms with Gasteiger partial charge < -0.3 is 15.0 Å². The first kappa shape index (κ1) is 13.6. The predicted octanol–water partition coefficient (Wildman–Crippen LogP) is 1.94. The van der Waals surface area contributed by atoms with E-state index in [2.05, 4.69) is 10.2 Å². The fourth-order valence-corrected chi connectivity index (χ4v) is 2.37. The van der Waals surface area contributed by atoms with Crippen LogP contribution in [0.4, 0.5) is 4.39 Å². The van der Waals surface area contributed by atoms with Crippen LogP contribution < -0.4 is 10.1 Å². The van der Waals surface area contributed by atoms with Crippen molar-refractivity contribution in [3.05, 3.63) is 28.5 Å². The lowest BCUT2D eigenvalue weighted by Gasteiger charge is -2.27. The highest BCUT2D eigenvalue weighted by molar-refractivity contribution is 6.30. The van der Waals surface area contributed by atoms with Gasteiger partial charge in [-0.2, -0.15) is 0 Å². The number of benzene rings is 1. The Morgan fingerprint density at radius 1 is 1.39 bits per heavy atom. The third-order valence-electron chi connectivity index (χ3n) is 3.20. The predicted molar refractivity (Wildman–Crippen MR) is 71.0 cm³/mol. The van der Waals surface area contributed by atoms with Gasteiger partial charge in [0.15, 0.2) is 11.6 Å². The quantitative estimate of drug-likeness (QED) is 0.907. The molecule has 2 rings (SSSR count). The van der Waals surface area contributed by atoms with Crippen LogP contribution in [-0.2, 0) is 6.42 Å². The van der Waals surface area contributed by atoms with Crippen molar-refractivity contribution < 1.29 is 9.13 Å². The van der Waals surface area contributed by atoms with Gasteiger partial charge >= 0.3 is 0 Å². The van der Waals surface area contributed by atoms with Crippen molar-refractivity contribution in [2.45, 2.75) is 6.42 Å². The molecular formula is C13H18ClFN2O. The smallest absolute Gasteiger partial charge is 0.183 e. The first-order chi connectivity index (χ1) is 8.70. The van der Waals surface area contributed by atoms with E-state index < -0.39 is 5.82 Å². The largest absolute Gasteiger partial charge is 0.494 e. The van der Waals surface area contributed by atoms with Crippen LogP contribution in [0.5, 0.6) is 5.75 Å². The van der Waals surface area contributed by atoms with Crippen LogP contribution in [0.15, 0.2) is 12.1 Å². The van der Waals surface area contributed by atoms with Crippen molar-refractivity contribution in [3.8, 4) is 5.75 Å². The highest BCUT2D eigenvalue weighted by Crippen LogP contribution is 2.26. The molecule has 18 heavy (non-hydrogen) atoms. The van der Waals surface area contributed by atoms with Crippen molar-refractivity contribution in [2.24, 2.45) is 0 Å². The molecule has 0 amide bonds. The van der Waals surface area contributed by atoms with Gasteiger partial charge in [-0.15, -0.1) is 0 Å². The Morgan fingerprint density at radius 2 is 2.11 bits per heavy atom. The fraction of sp³-hybridized carbons (Fsp3) is 0.538. The van der Waals surface area contributed by atoms with Gasteiger partial charge in [0.25, 0.3) is 0 Å². The first-order valence-corrected chi connectivity index (χ1v) is 6.53. The molecule has 1 fully saturated rings. The Hall–Kier alpha value is -0.840. The van der Waals surface area contributed by atoms with E-state index in [1.165, 1.54) is 7.11 Å². The van der Waals surface area contributed by atoms with E-state index in [4.69, 9.17) is 16.3 Å². The van der Waals surface area contributed by atoms with Crippen molar-refractivity contribution >= 4 is 11.6 Å². The number of ether oxygens (including phenoxy) is 1. The van der Waals surface area contributed by atoms with Crippen LogP contribution in [-0.4, -0.2) is 44.7 Å². The Labute approximate surface area is 112 Å². The van der Waals surface area contributed by atoms with E-state index in [9.17, 15) is 4.39 Å². The van der Waals surface area contributed by atoms with Gasteiger partial charge in [0.05, 0.1) is 12.1 Å². The molecule has 0 aromatic heterocycles. The number of piperazine rings is 1. The molecule has 0 spiro atoms. The third kappa shape index (κ3) is 3.34. The molecule has 0 aliphatic carbocycles. The minimum Gasteiger partial charge on any atom is -0.494 e. The molecule has 5 heteroatoms. The number of hydrogen-bond donors (Lipinski definition) is 1. The summed E-state index contributed by atoms with van der Waals surface area (Å²) in [6, 6.07) is 3.41. The number of nitrogens with one attached hydrogen (secondary N) is 1. The number of nitrogens with zero attached hydrogens (tertiary/aromatic N) is 1. The van der Waals surface area contributed by atoms with Crippen molar-refractivity contribution in [2.75, 3.05) is 39.8 Å². The maximum atomic E-state index is 13.5. The number of methoxy groups -OCH3 is 1. The molecule has 0 bridgehead atoms. The minimum absolute atomic E-state index is 0.129. The SMILES string of the molecule is COc1cc(CCN2CCNCC2)cc(Cl)c1F. The van der Waals surface area contributed by atoms with Gasteiger partial charge in [-0.05, 0) is 24.1 Å². The molecule has 1 aromatic rings. The zero-order valence-electron chi connectivity index (χ0n) is 10.5. The van der Waals surface area contributed by atoms with Crippen molar-refractivity contribution in [1.82, 2.24) is 10.2 Å². The molecule has 0 atom stereocenters. The minimum atomic E-state index is -0.481. The molecular weight excluding hydrogens is 255 g/mol. The number of rotatable bonds is 4. The average Bonchev–Trinajstić information content (AvgIpc) is 2.41. The van der Waals surface area contributed by atoms with Crippen LogP contribution in [0.3, 0.4) is 0 Å². The van der Waals surface area contributed by atoms with E-state index >= 15 is 0 Å². The average molecular weight is 273 g/mol. The maximum absolute atomic E-state index is 13.5. The molecule has 1 aliphatic rings. The van der Waals surface area contributed by atoms with E-state index in [0.29, 0.717) is 0 Å². The molecule has 1 N–H and O–H groups in total. The number of hydrogen-bond acceptors (Lipinski definition) is 3. The number of halogens is 2. The van der Waals surface area contributed by atoms with Crippen molar-refractivity contribution in [1.29, 1.82) is 0 Å². The van der Waals surface area contributed by atoms with Crippen LogP contribution in [0.25, 0.3) is 0 Å². The summed E-state index contributed by atoms with van der Waals surface area (Å²) in [6.45, 7) is 5.16. The van der Waals surface area contributed by atoms with Crippen LogP contribution in [0.2, 0.25) is 5.02 Å². The Kier molecular flexibility index (Phi) is 4.80. The van der Waals surface area contributed by atoms with Gasteiger partial charge in [0.2, 0.25) is 0 Å². The Morgan fingerprint density at radius 3 is 2.78 bits per heavy atom. The lowest BCUT2D eigenvalue weighted by atomic mass is 10.1. The van der Waals surface area contributed by atoms with E-state index in [1.54, 1.807) is 12.1 Å². The second-order valence-electron chi connectivity index (χ2n) is 4.44. The zero-order chi connectivity index (χ0) is 13.0. The molecule has 0 saturated carbocycles. The standard InChI is InChI=1S/C13H18ClFN2O/c1-18-12-9-10(8-11(14)13(12)15)2-5-17-6-3-16-4-7-17/h8-9,16H,2-7H2,1H3. The topological polar surface area (TPSA) is 24.5 Å². The lowest BCUT2D eigenvalue weighted by molar-refractivity contribution is 0.244. The highest BCUT2D eigenvalue weighted by Gasteiger charge is 2.12. The van der Waals surface area contributed by atoms with Crippen LogP contribution in [0.1, 0.15) is 5.56 Å². The fourth-order valence-electron chi connectivity index (χ4n) is 2.13. The summed E-state index contributed by atoms with van der Waals surface area (Å²) in [6.07, 6.45) is 0.858. The lowest BCUT2D eigenvalue weighted by Crippen LogP contribution is -2.44. The van der Waals surface area contributed by atoms with Gasteiger partial charge in [-0.25, -0.2) is 4.39 Å². The van der Waals surface area contributed by atoms with E-state index in [0.717, 1.165) is 44.7 Å². The molecule has 1 aromatic carbocycles. The Bertz CT molecular complexity index is 408. The first-order valence-electron chi connectivity index (χ1n) is 6.15. The summed E-state index contributed by atoms with van der Waals surface area (Å²) in [7, 11) is 1.45. The summed E-state index contributed by atoms with van der Waals surface area (Å²) in [5, 5.41) is 3.44. The molecule has 0 radical (unpaired) electrons. The molecule has 1 aliphatic heterocycles. The second kappa shape index (κ2) is 6.36. The van der Waals surface area contributed by atoms with Crippen molar-refractivity contribution in [3.63, 3.8) is 0 Å². The second-order valence-corrected chi connectivity index (χ2v) is 4.84. The molecule has 100 valence electrons. The normalized spacial score (nSPS) is 16.8. The summed E-state index contributed by atoms with van der Waals surface area (Å²) in [4.78, 5) is 2.39. The molecule has 3 nitrogen and oxygen atoms in total. The summed E-state index contributed by atoms with van der Waals surface area (Å²) >= 11 is 5.84. The van der Waals surface area contributed by atoms with Gasteiger partial charge in [0, 0.05) is 32.7 Å². The molecule has 0 unspecified atom stereocenters.